The Morgan fingerprint density at radius 2 is 1.93 bits per heavy atom. The lowest BCUT2D eigenvalue weighted by atomic mass is 10.3. The second-order valence-electron chi connectivity index (χ2n) is 6.45. The monoisotopic (exact) mass is 417 g/mol. The molecule has 0 aliphatic carbocycles. The first-order chi connectivity index (χ1) is 13.2. The number of likely N-dealkylation sites (N-methyl/N-ethyl adjacent to an activating group) is 1. The zero-order valence-electron chi connectivity index (χ0n) is 16.0. The molecule has 3 aromatic rings. The van der Waals surface area contributed by atoms with E-state index in [1.54, 1.807) is 17.5 Å². The highest BCUT2D eigenvalue weighted by molar-refractivity contribution is 7.18. The Kier molecular flexibility index (Phi) is 6.77. The molecular formula is C19H24ClN7S. The van der Waals surface area contributed by atoms with E-state index in [0.29, 0.717) is 0 Å². The molecule has 0 saturated carbocycles. The second kappa shape index (κ2) is 9.27. The number of nitrogens with one attached hydrogen (secondary N) is 1. The van der Waals surface area contributed by atoms with Crippen LogP contribution >= 0.6 is 23.7 Å². The molecular weight excluding hydrogens is 394 g/mol. The number of nitrogens with zero attached hydrogens (tertiary/aromatic N) is 6. The van der Waals surface area contributed by atoms with E-state index in [4.69, 9.17) is 0 Å². The number of aromatic nitrogens is 4. The van der Waals surface area contributed by atoms with Crippen LogP contribution in [0.15, 0.2) is 36.7 Å². The Bertz CT molecular complexity index is 894. The molecule has 1 aliphatic heterocycles. The first-order valence-corrected chi connectivity index (χ1v) is 10.00. The minimum Gasteiger partial charge on any atom is -0.354 e. The largest absolute Gasteiger partial charge is 0.354 e. The third-order valence-corrected chi connectivity index (χ3v) is 5.56. The van der Waals surface area contributed by atoms with E-state index in [1.807, 2.05) is 37.4 Å². The van der Waals surface area contributed by atoms with Crippen molar-refractivity contribution in [1.29, 1.82) is 0 Å². The van der Waals surface area contributed by atoms with Crippen molar-refractivity contribution in [2.24, 2.45) is 0 Å². The van der Waals surface area contributed by atoms with Crippen LogP contribution < -0.4 is 10.2 Å². The third-order valence-electron chi connectivity index (χ3n) is 4.63. The molecule has 1 aliphatic rings. The summed E-state index contributed by atoms with van der Waals surface area (Å²) in [6, 6.07) is 7.89. The third kappa shape index (κ3) is 4.76. The molecule has 0 amide bonds. The molecule has 4 heterocycles. The van der Waals surface area contributed by atoms with Gasteiger partial charge in [-0.05, 0) is 25.6 Å². The molecule has 148 valence electrons. The van der Waals surface area contributed by atoms with Crippen molar-refractivity contribution < 1.29 is 0 Å². The molecule has 0 atom stereocenters. The number of hydrogen-bond donors (Lipinski definition) is 1. The van der Waals surface area contributed by atoms with Crippen LogP contribution in [0.5, 0.6) is 0 Å². The first kappa shape index (κ1) is 20.4. The van der Waals surface area contributed by atoms with Crippen LogP contribution in [0, 0.1) is 6.92 Å². The molecule has 3 aromatic heterocycles. The van der Waals surface area contributed by atoms with Crippen molar-refractivity contribution >= 4 is 40.5 Å². The topological polar surface area (TPSA) is 70.1 Å². The smallest absolute Gasteiger partial charge is 0.188 e. The van der Waals surface area contributed by atoms with Gasteiger partial charge in [0.05, 0.1) is 10.6 Å². The molecule has 0 bridgehead atoms. The lowest BCUT2D eigenvalue weighted by Crippen LogP contribution is -2.46. The van der Waals surface area contributed by atoms with E-state index in [-0.39, 0.29) is 12.4 Å². The lowest BCUT2D eigenvalue weighted by Gasteiger charge is -2.34. The van der Waals surface area contributed by atoms with Gasteiger partial charge in [-0.2, -0.15) is 0 Å². The predicted molar refractivity (Wildman–Crippen MR) is 117 cm³/mol. The Labute approximate surface area is 175 Å². The van der Waals surface area contributed by atoms with Crippen molar-refractivity contribution in [3.05, 3.63) is 42.5 Å². The van der Waals surface area contributed by atoms with Crippen LogP contribution in [0.4, 0.5) is 16.8 Å². The summed E-state index contributed by atoms with van der Waals surface area (Å²) in [6.45, 7) is 9.37. The zero-order chi connectivity index (χ0) is 18.6. The van der Waals surface area contributed by atoms with Gasteiger partial charge >= 0.3 is 0 Å². The first-order valence-electron chi connectivity index (χ1n) is 9.18. The van der Waals surface area contributed by atoms with Gasteiger partial charge in [-0.15, -0.1) is 12.4 Å². The summed E-state index contributed by atoms with van der Waals surface area (Å²) in [5, 5.41) is 4.13. The highest BCUT2D eigenvalue weighted by Crippen LogP contribution is 2.29. The SMILES string of the molecule is CCN1CCN(c2cc(Nc3ncc(-c4ccccn4)s3)nc(C)n2)CC1.Cl. The number of piperazine rings is 1. The van der Waals surface area contributed by atoms with Crippen LogP contribution in [0.3, 0.4) is 0 Å². The van der Waals surface area contributed by atoms with Crippen LogP contribution in [0.1, 0.15) is 12.7 Å². The molecule has 28 heavy (non-hydrogen) atoms. The Hall–Kier alpha value is -2.29. The number of halogens is 1. The van der Waals surface area contributed by atoms with Gasteiger partial charge in [0.15, 0.2) is 5.13 Å². The summed E-state index contributed by atoms with van der Waals surface area (Å²) in [7, 11) is 0. The summed E-state index contributed by atoms with van der Waals surface area (Å²) in [4.78, 5) is 23.8. The fourth-order valence-corrected chi connectivity index (χ4v) is 3.94. The molecule has 1 saturated heterocycles. The number of aryl methyl sites for hydroxylation is 1. The minimum atomic E-state index is 0. The predicted octanol–water partition coefficient (Wildman–Crippen LogP) is 3.61. The van der Waals surface area contributed by atoms with Gasteiger partial charge in [0, 0.05) is 44.6 Å². The van der Waals surface area contributed by atoms with Gasteiger partial charge < -0.3 is 15.1 Å². The normalized spacial score (nSPS) is 14.6. The maximum Gasteiger partial charge on any atom is 0.188 e. The number of thiazole rings is 1. The van der Waals surface area contributed by atoms with Crippen LogP contribution in [0.2, 0.25) is 0 Å². The average molecular weight is 418 g/mol. The molecule has 0 unspecified atom stereocenters. The Morgan fingerprint density at radius 1 is 1.11 bits per heavy atom. The maximum absolute atomic E-state index is 4.63. The summed E-state index contributed by atoms with van der Waals surface area (Å²) >= 11 is 1.57. The van der Waals surface area contributed by atoms with E-state index in [9.17, 15) is 0 Å². The van der Waals surface area contributed by atoms with E-state index in [2.05, 4.69) is 42.0 Å². The molecule has 7 nitrogen and oxygen atoms in total. The summed E-state index contributed by atoms with van der Waals surface area (Å²) < 4.78 is 0. The lowest BCUT2D eigenvalue weighted by molar-refractivity contribution is 0.270. The van der Waals surface area contributed by atoms with Gasteiger partial charge in [0.1, 0.15) is 17.5 Å². The average Bonchev–Trinajstić information content (AvgIpc) is 3.17. The van der Waals surface area contributed by atoms with Crippen LogP contribution in [0.25, 0.3) is 10.6 Å². The second-order valence-corrected chi connectivity index (χ2v) is 7.48. The van der Waals surface area contributed by atoms with Gasteiger partial charge in [0.25, 0.3) is 0 Å². The molecule has 9 heteroatoms. The maximum atomic E-state index is 4.63. The minimum absolute atomic E-state index is 0. The van der Waals surface area contributed by atoms with E-state index in [1.165, 1.54) is 0 Å². The quantitative estimate of drug-likeness (QED) is 0.679. The van der Waals surface area contributed by atoms with E-state index in [0.717, 1.165) is 65.9 Å². The van der Waals surface area contributed by atoms with E-state index >= 15 is 0 Å². The van der Waals surface area contributed by atoms with Crippen molar-refractivity contribution in [2.45, 2.75) is 13.8 Å². The Balaban J connectivity index is 0.00000225. The fraction of sp³-hybridized carbons (Fsp3) is 0.368. The zero-order valence-corrected chi connectivity index (χ0v) is 17.6. The highest BCUT2D eigenvalue weighted by Gasteiger charge is 2.18. The van der Waals surface area contributed by atoms with Crippen LogP contribution in [-0.2, 0) is 0 Å². The summed E-state index contributed by atoms with van der Waals surface area (Å²) in [5.74, 6) is 2.51. The number of anilines is 3. The van der Waals surface area contributed by atoms with Gasteiger partial charge in [-0.1, -0.05) is 24.3 Å². The molecule has 1 N–H and O–H groups in total. The van der Waals surface area contributed by atoms with Gasteiger partial charge in [-0.3, -0.25) is 4.98 Å². The number of pyridine rings is 1. The van der Waals surface area contributed by atoms with Gasteiger partial charge in [-0.25, -0.2) is 15.0 Å². The fourth-order valence-electron chi connectivity index (χ4n) is 3.14. The van der Waals surface area contributed by atoms with Crippen molar-refractivity contribution in [3.8, 4) is 10.6 Å². The molecule has 4 rings (SSSR count). The summed E-state index contributed by atoms with van der Waals surface area (Å²) in [6.07, 6.45) is 3.63. The molecule has 0 aromatic carbocycles. The highest BCUT2D eigenvalue weighted by atomic mass is 35.5. The molecule has 0 spiro atoms. The number of rotatable bonds is 5. The van der Waals surface area contributed by atoms with Crippen LogP contribution in [-0.4, -0.2) is 57.6 Å². The summed E-state index contributed by atoms with van der Waals surface area (Å²) in [5.41, 5.74) is 0.927. The standard InChI is InChI=1S/C19H23N7S.ClH/c1-3-25-8-10-26(11-9-25)18-12-17(22-14(2)23-18)24-19-21-13-16(27-19)15-6-4-5-7-20-15;/h4-7,12-13H,3,8-11H2,1-2H3,(H,21,22,23,24);1H. The van der Waals surface area contributed by atoms with Crippen molar-refractivity contribution in [1.82, 2.24) is 24.8 Å². The number of hydrogen-bond acceptors (Lipinski definition) is 8. The van der Waals surface area contributed by atoms with Crippen molar-refractivity contribution in [3.63, 3.8) is 0 Å². The molecule has 0 radical (unpaired) electrons. The van der Waals surface area contributed by atoms with E-state index < -0.39 is 0 Å². The van der Waals surface area contributed by atoms with Gasteiger partial charge in [0.2, 0.25) is 0 Å². The molecule has 1 fully saturated rings. The Morgan fingerprint density at radius 3 is 2.64 bits per heavy atom. The van der Waals surface area contributed by atoms with Crippen molar-refractivity contribution in [2.75, 3.05) is 42.9 Å².